The predicted molar refractivity (Wildman–Crippen MR) is 97.6 cm³/mol. The van der Waals surface area contributed by atoms with E-state index in [1.54, 1.807) is 0 Å². The molecule has 122 valence electrons. The predicted octanol–water partition coefficient (Wildman–Crippen LogP) is 4.83. The van der Waals surface area contributed by atoms with E-state index < -0.39 is 0 Å². The van der Waals surface area contributed by atoms with E-state index in [0.29, 0.717) is 16.1 Å². The molecule has 1 fully saturated rings. The molecular weight excluding hydrogens is 350 g/mol. The van der Waals surface area contributed by atoms with Crippen LogP contribution < -0.4 is 5.32 Å². The van der Waals surface area contributed by atoms with Crippen molar-refractivity contribution >= 4 is 48.0 Å². The van der Waals surface area contributed by atoms with Crippen LogP contribution in [0.3, 0.4) is 0 Å². The molecule has 2 nitrogen and oxygen atoms in total. The highest BCUT2D eigenvalue weighted by molar-refractivity contribution is 6.42. The maximum atomic E-state index is 6.18. The highest BCUT2D eigenvalue weighted by Crippen LogP contribution is 2.39. The lowest BCUT2D eigenvalue weighted by Crippen LogP contribution is -2.48. The van der Waals surface area contributed by atoms with Crippen LogP contribution >= 0.6 is 48.0 Å². The van der Waals surface area contributed by atoms with Crippen molar-refractivity contribution in [3.63, 3.8) is 0 Å². The molecule has 1 aliphatic rings. The van der Waals surface area contributed by atoms with Gasteiger partial charge < -0.3 is 5.32 Å². The van der Waals surface area contributed by atoms with Gasteiger partial charge in [-0.1, -0.05) is 50.0 Å². The Morgan fingerprint density at radius 3 is 2.10 bits per heavy atom. The van der Waals surface area contributed by atoms with Gasteiger partial charge in [-0.15, -0.1) is 24.8 Å². The summed E-state index contributed by atoms with van der Waals surface area (Å²) in [5.74, 6) is 0. The molecule has 0 aliphatic carbocycles. The van der Waals surface area contributed by atoms with Crippen LogP contribution in [0.25, 0.3) is 0 Å². The molecule has 0 radical (unpaired) electrons. The molecule has 0 spiro atoms. The molecule has 1 heterocycles. The molecule has 1 N–H and O–H groups in total. The van der Waals surface area contributed by atoms with E-state index in [-0.39, 0.29) is 30.2 Å². The van der Waals surface area contributed by atoms with Crippen molar-refractivity contribution in [3.8, 4) is 0 Å². The third-order valence-corrected chi connectivity index (χ3v) is 4.34. The fourth-order valence-electron chi connectivity index (χ4n) is 2.88. The highest BCUT2D eigenvalue weighted by Gasteiger charge is 2.32. The van der Waals surface area contributed by atoms with Crippen molar-refractivity contribution in [1.29, 1.82) is 0 Å². The summed E-state index contributed by atoms with van der Waals surface area (Å²) in [7, 11) is 0. The Bertz CT molecular complexity index is 440. The first kappa shape index (κ1) is 21.3. The summed E-state index contributed by atoms with van der Waals surface area (Å²) in [6.07, 6.45) is 0. The first-order valence-electron chi connectivity index (χ1n) is 6.79. The summed E-state index contributed by atoms with van der Waals surface area (Å²) in [6.45, 7) is 11.1. The average molecular weight is 374 g/mol. The Morgan fingerprint density at radius 1 is 1.05 bits per heavy atom. The van der Waals surface area contributed by atoms with Crippen LogP contribution in [0.1, 0.15) is 32.4 Å². The van der Waals surface area contributed by atoms with Gasteiger partial charge in [0.1, 0.15) is 0 Å². The number of rotatable bonds is 2. The number of halogens is 4. The van der Waals surface area contributed by atoms with Crippen molar-refractivity contribution in [2.24, 2.45) is 5.41 Å². The van der Waals surface area contributed by atoms with E-state index in [1.807, 2.05) is 12.1 Å². The van der Waals surface area contributed by atoms with Gasteiger partial charge in [0.15, 0.2) is 0 Å². The minimum Gasteiger partial charge on any atom is -0.314 e. The quantitative estimate of drug-likeness (QED) is 0.798. The summed E-state index contributed by atoms with van der Waals surface area (Å²) in [5.41, 5.74) is 1.41. The van der Waals surface area contributed by atoms with E-state index in [9.17, 15) is 0 Å². The molecule has 0 aromatic heterocycles. The summed E-state index contributed by atoms with van der Waals surface area (Å²) >= 11 is 12.2. The Morgan fingerprint density at radius 2 is 1.62 bits per heavy atom. The van der Waals surface area contributed by atoms with Gasteiger partial charge in [-0.3, -0.25) is 4.90 Å². The number of nitrogens with zero attached hydrogens (tertiary/aromatic N) is 1. The van der Waals surface area contributed by atoms with E-state index >= 15 is 0 Å². The summed E-state index contributed by atoms with van der Waals surface area (Å²) in [4.78, 5) is 2.54. The van der Waals surface area contributed by atoms with Crippen molar-refractivity contribution in [2.45, 2.75) is 26.8 Å². The molecule has 1 saturated heterocycles. The zero-order valence-corrected chi connectivity index (χ0v) is 15.8. The van der Waals surface area contributed by atoms with Crippen molar-refractivity contribution < 1.29 is 0 Å². The zero-order valence-electron chi connectivity index (χ0n) is 12.7. The third-order valence-electron chi connectivity index (χ3n) is 3.60. The van der Waals surface area contributed by atoms with Crippen LogP contribution in [0.2, 0.25) is 10.0 Å². The van der Waals surface area contributed by atoms with Crippen molar-refractivity contribution in [2.75, 3.05) is 26.2 Å². The SMILES string of the molecule is CC(C)(C)[C@H](c1ccc(Cl)c(Cl)c1)N1CCNCC1.Cl.Cl. The topological polar surface area (TPSA) is 15.3 Å². The molecule has 2 rings (SSSR count). The monoisotopic (exact) mass is 372 g/mol. The van der Waals surface area contributed by atoms with Crippen LogP contribution in [0.5, 0.6) is 0 Å². The molecule has 0 bridgehead atoms. The molecule has 1 aromatic carbocycles. The van der Waals surface area contributed by atoms with E-state index in [1.165, 1.54) is 5.56 Å². The van der Waals surface area contributed by atoms with Gasteiger partial charge in [0, 0.05) is 32.2 Å². The van der Waals surface area contributed by atoms with Gasteiger partial charge in [0.05, 0.1) is 10.0 Å². The maximum absolute atomic E-state index is 6.18. The van der Waals surface area contributed by atoms with E-state index in [4.69, 9.17) is 23.2 Å². The molecular formula is C15H24Cl4N2. The second-order valence-electron chi connectivity index (χ2n) is 6.23. The lowest BCUT2D eigenvalue weighted by atomic mass is 9.81. The van der Waals surface area contributed by atoms with Crippen LogP contribution in [0.15, 0.2) is 18.2 Å². The standard InChI is InChI=1S/C15H22Cl2N2.2ClH/c1-15(2,3)14(19-8-6-18-7-9-19)11-4-5-12(16)13(17)10-11;;/h4-5,10,14,18H,6-9H2,1-3H3;2*1H/t14-;;/m0../s1. The van der Waals surface area contributed by atoms with Crippen molar-refractivity contribution in [1.82, 2.24) is 10.2 Å². The Hall–Kier alpha value is 0.300. The Kier molecular flexibility index (Phi) is 8.93. The molecule has 1 aliphatic heterocycles. The maximum Gasteiger partial charge on any atom is 0.0595 e. The fourth-order valence-corrected chi connectivity index (χ4v) is 3.19. The fraction of sp³-hybridized carbons (Fsp3) is 0.600. The van der Waals surface area contributed by atoms with Crippen LogP contribution in [0, 0.1) is 5.41 Å². The number of benzene rings is 1. The van der Waals surface area contributed by atoms with Crippen molar-refractivity contribution in [3.05, 3.63) is 33.8 Å². The Labute approximate surface area is 150 Å². The lowest BCUT2D eigenvalue weighted by Gasteiger charge is -2.42. The van der Waals surface area contributed by atoms with Crippen LogP contribution in [-0.4, -0.2) is 31.1 Å². The third kappa shape index (κ3) is 5.46. The molecule has 0 amide bonds. The molecule has 0 saturated carbocycles. The lowest BCUT2D eigenvalue weighted by molar-refractivity contribution is 0.0862. The molecule has 1 aromatic rings. The second kappa shape index (κ2) is 8.81. The van der Waals surface area contributed by atoms with Gasteiger partial charge >= 0.3 is 0 Å². The van der Waals surface area contributed by atoms with Gasteiger partial charge in [0.2, 0.25) is 0 Å². The number of nitrogens with one attached hydrogen (secondary N) is 1. The highest BCUT2D eigenvalue weighted by atomic mass is 35.5. The molecule has 0 unspecified atom stereocenters. The summed E-state index contributed by atoms with van der Waals surface area (Å²) in [6, 6.07) is 6.39. The molecule has 1 atom stereocenters. The van der Waals surface area contributed by atoms with Gasteiger partial charge in [-0.2, -0.15) is 0 Å². The van der Waals surface area contributed by atoms with Gasteiger partial charge in [-0.05, 0) is 23.1 Å². The first-order valence-corrected chi connectivity index (χ1v) is 7.55. The number of piperazine rings is 1. The van der Waals surface area contributed by atoms with Gasteiger partial charge in [0.25, 0.3) is 0 Å². The minimum atomic E-state index is 0. The van der Waals surface area contributed by atoms with Gasteiger partial charge in [-0.25, -0.2) is 0 Å². The van der Waals surface area contributed by atoms with Crippen LogP contribution in [0.4, 0.5) is 0 Å². The van der Waals surface area contributed by atoms with E-state index in [2.05, 4.69) is 37.1 Å². The average Bonchev–Trinajstić information content (AvgIpc) is 2.34. The van der Waals surface area contributed by atoms with Crippen LogP contribution in [-0.2, 0) is 0 Å². The molecule has 21 heavy (non-hydrogen) atoms. The van der Waals surface area contributed by atoms with E-state index in [0.717, 1.165) is 26.2 Å². The molecule has 6 heteroatoms. The zero-order chi connectivity index (χ0) is 14.0. The summed E-state index contributed by atoms with van der Waals surface area (Å²) in [5, 5.41) is 4.67. The first-order chi connectivity index (χ1) is 8.89. The smallest absolute Gasteiger partial charge is 0.0595 e. The largest absolute Gasteiger partial charge is 0.314 e. The summed E-state index contributed by atoms with van der Waals surface area (Å²) < 4.78 is 0. The minimum absolute atomic E-state index is 0. The number of hydrogen-bond donors (Lipinski definition) is 1. The normalized spacial score (nSPS) is 17.6. The Balaban J connectivity index is 0.00000200. The number of hydrogen-bond acceptors (Lipinski definition) is 2. The second-order valence-corrected chi connectivity index (χ2v) is 7.04.